The van der Waals surface area contributed by atoms with E-state index in [1.165, 1.54) is 12.1 Å². The van der Waals surface area contributed by atoms with E-state index in [9.17, 15) is 9.59 Å². The van der Waals surface area contributed by atoms with Gasteiger partial charge in [-0.1, -0.05) is 0 Å². The molecule has 0 heterocycles. The Balaban J connectivity index is 2.84. The number of carboxylic acids is 1. The lowest BCUT2D eigenvalue weighted by atomic mass is 10.1. The fourth-order valence-electron chi connectivity index (χ4n) is 1.38. The van der Waals surface area contributed by atoms with Crippen LogP contribution in [0.4, 0.5) is 11.4 Å². The van der Waals surface area contributed by atoms with E-state index in [1.54, 1.807) is 20.0 Å². The molecule has 6 heteroatoms. The van der Waals surface area contributed by atoms with E-state index in [1.807, 2.05) is 0 Å². The number of carbonyl (C=O) groups excluding carboxylic acids is 1. The van der Waals surface area contributed by atoms with E-state index >= 15 is 0 Å². The Morgan fingerprint density at radius 3 is 2.53 bits per heavy atom. The largest absolute Gasteiger partial charge is 0.478 e. The molecule has 0 aliphatic heterocycles. The van der Waals surface area contributed by atoms with Crippen LogP contribution in [0.3, 0.4) is 0 Å². The molecule has 0 fully saturated rings. The molecule has 1 aromatic carbocycles. The van der Waals surface area contributed by atoms with Crippen molar-refractivity contribution in [1.29, 1.82) is 0 Å². The predicted molar refractivity (Wildman–Crippen MR) is 65.0 cm³/mol. The van der Waals surface area contributed by atoms with Gasteiger partial charge in [0.15, 0.2) is 0 Å². The van der Waals surface area contributed by atoms with Crippen LogP contribution < -0.4 is 16.4 Å². The molecular weight excluding hydrogens is 222 g/mol. The molecular formula is C11H15N3O3. The molecule has 1 amide bonds. The van der Waals surface area contributed by atoms with Gasteiger partial charge >= 0.3 is 5.97 Å². The van der Waals surface area contributed by atoms with Crippen LogP contribution in [0.15, 0.2) is 18.2 Å². The van der Waals surface area contributed by atoms with Crippen molar-refractivity contribution >= 4 is 23.3 Å². The highest BCUT2D eigenvalue weighted by molar-refractivity contribution is 5.94. The van der Waals surface area contributed by atoms with Crippen molar-refractivity contribution < 1.29 is 14.7 Å². The first-order valence-corrected chi connectivity index (χ1v) is 5.06. The maximum atomic E-state index is 11.3. The lowest BCUT2D eigenvalue weighted by Crippen LogP contribution is -2.35. The standard InChI is InChI=1S/C11H15N3O3/c1-6(10(15)13-2)14-7-3-4-8(11(16)17)9(12)5-7/h3-6,14H,12H2,1-2H3,(H,13,15)(H,16,17). The maximum Gasteiger partial charge on any atom is 0.337 e. The first kappa shape index (κ1) is 12.8. The summed E-state index contributed by atoms with van der Waals surface area (Å²) in [4.78, 5) is 22.0. The summed E-state index contributed by atoms with van der Waals surface area (Å²) in [6.07, 6.45) is 0. The third kappa shape index (κ3) is 3.10. The predicted octanol–water partition coefficient (Wildman–Crippen LogP) is 0.513. The molecule has 0 saturated carbocycles. The fraction of sp³-hybridized carbons (Fsp3) is 0.273. The van der Waals surface area contributed by atoms with Gasteiger partial charge in [-0.15, -0.1) is 0 Å². The number of nitrogens with two attached hydrogens (primary N) is 1. The summed E-state index contributed by atoms with van der Waals surface area (Å²) in [5.74, 6) is -1.24. The van der Waals surface area contributed by atoms with Gasteiger partial charge in [0.1, 0.15) is 6.04 Å². The quantitative estimate of drug-likeness (QED) is 0.571. The fourth-order valence-corrected chi connectivity index (χ4v) is 1.38. The van der Waals surface area contributed by atoms with Crippen LogP contribution in [0.2, 0.25) is 0 Å². The number of carboxylic acid groups (broad SMARTS) is 1. The zero-order valence-corrected chi connectivity index (χ0v) is 9.65. The van der Waals surface area contributed by atoms with Gasteiger partial charge in [-0.25, -0.2) is 4.79 Å². The van der Waals surface area contributed by atoms with Crippen LogP contribution in [0.25, 0.3) is 0 Å². The van der Waals surface area contributed by atoms with Gasteiger partial charge in [0.25, 0.3) is 0 Å². The molecule has 5 N–H and O–H groups in total. The Labute approximate surface area is 98.8 Å². The Morgan fingerprint density at radius 2 is 2.06 bits per heavy atom. The second-order valence-electron chi connectivity index (χ2n) is 3.59. The van der Waals surface area contributed by atoms with Gasteiger partial charge in [-0.05, 0) is 25.1 Å². The minimum Gasteiger partial charge on any atom is -0.478 e. The highest BCUT2D eigenvalue weighted by Gasteiger charge is 2.12. The zero-order chi connectivity index (χ0) is 13.0. The first-order chi connectivity index (χ1) is 7.95. The van der Waals surface area contributed by atoms with Crippen LogP contribution in [0, 0.1) is 0 Å². The molecule has 0 bridgehead atoms. The number of carbonyl (C=O) groups is 2. The van der Waals surface area contributed by atoms with Crippen LogP contribution in [0.1, 0.15) is 17.3 Å². The smallest absolute Gasteiger partial charge is 0.337 e. The number of hydrogen-bond acceptors (Lipinski definition) is 4. The normalized spacial score (nSPS) is 11.6. The van der Waals surface area contributed by atoms with E-state index in [4.69, 9.17) is 10.8 Å². The molecule has 6 nitrogen and oxygen atoms in total. The Hall–Kier alpha value is -2.24. The molecule has 1 atom stereocenters. The van der Waals surface area contributed by atoms with E-state index < -0.39 is 12.0 Å². The number of likely N-dealkylation sites (N-methyl/N-ethyl adjacent to an activating group) is 1. The van der Waals surface area contributed by atoms with E-state index in [2.05, 4.69) is 10.6 Å². The number of nitrogens with one attached hydrogen (secondary N) is 2. The number of hydrogen-bond donors (Lipinski definition) is 4. The molecule has 0 aromatic heterocycles. The van der Waals surface area contributed by atoms with Crippen molar-refractivity contribution in [2.75, 3.05) is 18.1 Å². The SMILES string of the molecule is CNC(=O)C(C)Nc1ccc(C(=O)O)c(N)c1. The number of anilines is 2. The van der Waals surface area contributed by atoms with Crippen molar-refractivity contribution in [3.63, 3.8) is 0 Å². The van der Waals surface area contributed by atoms with E-state index in [0.29, 0.717) is 5.69 Å². The average molecular weight is 237 g/mol. The first-order valence-electron chi connectivity index (χ1n) is 5.06. The van der Waals surface area contributed by atoms with Crippen molar-refractivity contribution in [2.24, 2.45) is 0 Å². The summed E-state index contributed by atoms with van der Waals surface area (Å²) in [5.41, 5.74) is 6.39. The molecule has 1 aromatic rings. The molecule has 0 saturated heterocycles. The number of nitrogen functional groups attached to an aromatic ring is 1. The molecule has 1 rings (SSSR count). The highest BCUT2D eigenvalue weighted by atomic mass is 16.4. The third-order valence-electron chi connectivity index (χ3n) is 2.30. The Morgan fingerprint density at radius 1 is 1.41 bits per heavy atom. The minimum atomic E-state index is -1.08. The number of rotatable bonds is 4. The summed E-state index contributed by atoms with van der Waals surface area (Å²) in [6.45, 7) is 1.69. The lowest BCUT2D eigenvalue weighted by Gasteiger charge is -2.14. The third-order valence-corrected chi connectivity index (χ3v) is 2.30. The Kier molecular flexibility index (Phi) is 3.92. The maximum absolute atomic E-state index is 11.3. The molecule has 0 aliphatic carbocycles. The van der Waals surface area contributed by atoms with Crippen molar-refractivity contribution in [3.8, 4) is 0 Å². The van der Waals surface area contributed by atoms with Gasteiger partial charge < -0.3 is 21.5 Å². The lowest BCUT2D eigenvalue weighted by molar-refractivity contribution is -0.121. The summed E-state index contributed by atoms with van der Waals surface area (Å²) in [7, 11) is 1.54. The number of aromatic carboxylic acids is 1. The van der Waals surface area contributed by atoms with Gasteiger partial charge in [0, 0.05) is 18.4 Å². The molecule has 0 radical (unpaired) electrons. The molecule has 1 unspecified atom stereocenters. The van der Waals surface area contributed by atoms with E-state index in [-0.39, 0.29) is 17.2 Å². The average Bonchev–Trinajstić information content (AvgIpc) is 2.27. The summed E-state index contributed by atoms with van der Waals surface area (Å²) < 4.78 is 0. The second-order valence-corrected chi connectivity index (χ2v) is 3.59. The van der Waals surface area contributed by atoms with Gasteiger partial charge in [-0.2, -0.15) is 0 Å². The number of benzene rings is 1. The molecule has 17 heavy (non-hydrogen) atoms. The van der Waals surface area contributed by atoms with Crippen molar-refractivity contribution in [2.45, 2.75) is 13.0 Å². The molecule has 0 aliphatic rings. The van der Waals surface area contributed by atoms with Crippen molar-refractivity contribution in [3.05, 3.63) is 23.8 Å². The monoisotopic (exact) mass is 237 g/mol. The van der Waals surface area contributed by atoms with Gasteiger partial charge in [-0.3, -0.25) is 4.79 Å². The minimum absolute atomic E-state index is 0.0446. The summed E-state index contributed by atoms with van der Waals surface area (Å²) in [5, 5.41) is 14.2. The van der Waals surface area contributed by atoms with Crippen LogP contribution >= 0.6 is 0 Å². The van der Waals surface area contributed by atoms with Crippen LogP contribution in [0.5, 0.6) is 0 Å². The van der Waals surface area contributed by atoms with Crippen LogP contribution in [-0.2, 0) is 4.79 Å². The zero-order valence-electron chi connectivity index (χ0n) is 9.65. The molecule has 92 valence electrons. The van der Waals surface area contributed by atoms with Crippen molar-refractivity contribution in [1.82, 2.24) is 5.32 Å². The topological polar surface area (TPSA) is 104 Å². The van der Waals surface area contributed by atoms with E-state index in [0.717, 1.165) is 0 Å². The highest BCUT2D eigenvalue weighted by Crippen LogP contribution is 2.18. The summed E-state index contributed by atoms with van der Waals surface area (Å²) in [6, 6.07) is 4.04. The van der Waals surface area contributed by atoms with Crippen LogP contribution in [-0.4, -0.2) is 30.1 Å². The second kappa shape index (κ2) is 5.20. The van der Waals surface area contributed by atoms with Gasteiger partial charge in [0.2, 0.25) is 5.91 Å². The van der Waals surface area contributed by atoms with Gasteiger partial charge in [0.05, 0.1) is 5.56 Å². The number of amides is 1. The Bertz CT molecular complexity index is 446. The molecule has 0 spiro atoms. The summed E-state index contributed by atoms with van der Waals surface area (Å²) >= 11 is 0.